The molecule has 1 unspecified atom stereocenters. The second-order valence-corrected chi connectivity index (χ2v) is 7.74. The lowest BCUT2D eigenvalue weighted by atomic mass is 9.92. The maximum absolute atomic E-state index is 12.5. The monoisotopic (exact) mass is 350 g/mol. The molecular formula is C18H26N2O3S. The zero-order chi connectivity index (χ0) is 18.5. The Hall–Kier alpha value is -1.82. The highest BCUT2D eigenvalue weighted by Gasteiger charge is 2.28. The fourth-order valence-electron chi connectivity index (χ4n) is 1.91. The van der Waals surface area contributed by atoms with Crippen molar-refractivity contribution < 1.29 is 14.4 Å². The van der Waals surface area contributed by atoms with Crippen LogP contribution in [-0.2, 0) is 9.59 Å². The van der Waals surface area contributed by atoms with Crippen LogP contribution in [0.4, 0.5) is 0 Å². The van der Waals surface area contributed by atoms with E-state index in [0.717, 1.165) is 11.8 Å². The van der Waals surface area contributed by atoms with E-state index in [0.29, 0.717) is 16.9 Å². The highest BCUT2D eigenvalue weighted by atomic mass is 32.2. The van der Waals surface area contributed by atoms with E-state index >= 15 is 0 Å². The van der Waals surface area contributed by atoms with Crippen molar-refractivity contribution in [1.29, 1.82) is 0 Å². The second-order valence-electron chi connectivity index (χ2n) is 6.72. The molecule has 2 amide bonds. The quantitative estimate of drug-likeness (QED) is 0.740. The van der Waals surface area contributed by atoms with Gasteiger partial charge in [0, 0.05) is 10.3 Å². The standard InChI is InChI=1S/C18H26N2O3S/c1-6-18(4,5)17(23)24-13-10-8-7-9-12(13)16(22)20-14(11(2)3)15(19)21/h7-11,14H,6H2,1-5H3,(H2,19,21)(H,20,22). The van der Waals surface area contributed by atoms with E-state index in [-0.39, 0.29) is 11.0 Å². The average Bonchev–Trinajstić information content (AvgIpc) is 2.52. The number of hydrogen-bond donors (Lipinski definition) is 2. The van der Waals surface area contributed by atoms with Crippen LogP contribution < -0.4 is 11.1 Å². The second kappa shape index (κ2) is 8.33. The number of benzene rings is 1. The van der Waals surface area contributed by atoms with Gasteiger partial charge in [-0.05, 0) is 24.5 Å². The van der Waals surface area contributed by atoms with E-state index < -0.39 is 23.3 Å². The Balaban J connectivity index is 3.03. The summed E-state index contributed by atoms with van der Waals surface area (Å²) in [6, 6.07) is 6.13. The summed E-state index contributed by atoms with van der Waals surface area (Å²) in [7, 11) is 0. The van der Waals surface area contributed by atoms with Crippen LogP contribution in [0.1, 0.15) is 51.4 Å². The van der Waals surface area contributed by atoms with Gasteiger partial charge in [-0.15, -0.1) is 0 Å². The molecule has 0 bridgehead atoms. The summed E-state index contributed by atoms with van der Waals surface area (Å²) < 4.78 is 0. The predicted octanol–water partition coefficient (Wildman–Crippen LogP) is 2.98. The molecule has 1 aromatic carbocycles. The minimum Gasteiger partial charge on any atom is -0.368 e. The number of nitrogens with one attached hydrogen (secondary N) is 1. The van der Waals surface area contributed by atoms with Gasteiger partial charge in [0.05, 0.1) is 5.56 Å². The first-order valence-corrected chi connectivity index (χ1v) is 8.83. The van der Waals surface area contributed by atoms with Crippen molar-refractivity contribution in [2.75, 3.05) is 0 Å². The molecule has 1 rings (SSSR count). The van der Waals surface area contributed by atoms with Crippen molar-refractivity contribution in [3.8, 4) is 0 Å². The Labute approximate surface area is 147 Å². The Morgan fingerprint density at radius 3 is 2.29 bits per heavy atom. The summed E-state index contributed by atoms with van der Waals surface area (Å²) in [5, 5.41) is 2.66. The molecule has 0 aliphatic carbocycles. The Morgan fingerprint density at radius 1 is 1.21 bits per heavy atom. The third-order valence-electron chi connectivity index (χ3n) is 4.03. The number of carbonyl (C=O) groups is 3. The number of amides is 2. The molecule has 1 aromatic rings. The molecule has 24 heavy (non-hydrogen) atoms. The van der Waals surface area contributed by atoms with Crippen LogP contribution in [0.2, 0.25) is 0 Å². The summed E-state index contributed by atoms with van der Waals surface area (Å²) in [4.78, 5) is 37.0. The maximum Gasteiger partial charge on any atom is 0.253 e. The number of primary amides is 1. The molecule has 0 saturated carbocycles. The summed E-state index contributed by atoms with van der Waals surface area (Å²) in [6.45, 7) is 9.34. The van der Waals surface area contributed by atoms with Crippen molar-refractivity contribution in [3.05, 3.63) is 29.8 Å². The number of nitrogens with two attached hydrogens (primary N) is 1. The highest BCUT2D eigenvalue weighted by Crippen LogP contribution is 2.33. The van der Waals surface area contributed by atoms with Crippen molar-refractivity contribution in [3.63, 3.8) is 0 Å². The number of thioether (sulfide) groups is 1. The zero-order valence-electron chi connectivity index (χ0n) is 14.9. The Bertz CT molecular complexity index is 626. The van der Waals surface area contributed by atoms with Crippen LogP contribution in [-0.4, -0.2) is 23.0 Å². The number of carbonyl (C=O) groups excluding carboxylic acids is 3. The topological polar surface area (TPSA) is 89.3 Å². The summed E-state index contributed by atoms with van der Waals surface area (Å²) >= 11 is 1.06. The number of hydrogen-bond acceptors (Lipinski definition) is 4. The summed E-state index contributed by atoms with van der Waals surface area (Å²) in [5.74, 6) is -1.10. The van der Waals surface area contributed by atoms with Crippen LogP contribution in [0.25, 0.3) is 0 Å². The van der Waals surface area contributed by atoms with Crippen molar-refractivity contribution in [1.82, 2.24) is 5.32 Å². The molecule has 6 heteroatoms. The van der Waals surface area contributed by atoms with Gasteiger partial charge >= 0.3 is 0 Å². The third-order valence-corrected chi connectivity index (χ3v) is 5.34. The molecule has 5 nitrogen and oxygen atoms in total. The fraction of sp³-hybridized carbons (Fsp3) is 0.500. The molecule has 0 spiro atoms. The molecule has 0 saturated heterocycles. The van der Waals surface area contributed by atoms with E-state index in [1.165, 1.54) is 0 Å². The molecule has 1 atom stereocenters. The molecule has 3 N–H and O–H groups in total. The lowest BCUT2D eigenvalue weighted by Crippen LogP contribution is -2.47. The molecule has 0 fully saturated rings. The zero-order valence-corrected chi connectivity index (χ0v) is 15.7. The summed E-state index contributed by atoms with van der Waals surface area (Å²) in [6.07, 6.45) is 0.713. The molecule has 0 aliphatic heterocycles. The SMILES string of the molecule is CCC(C)(C)C(=O)Sc1ccccc1C(=O)NC(C(N)=O)C(C)C. The van der Waals surface area contributed by atoms with E-state index in [2.05, 4.69) is 5.32 Å². The van der Waals surface area contributed by atoms with Gasteiger partial charge in [0.15, 0.2) is 5.12 Å². The van der Waals surface area contributed by atoms with Crippen LogP contribution >= 0.6 is 11.8 Å². The van der Waals surface area contributed by atoms with Gasteiger partial charge in [-0.3, -0.25) is 14.4 Å². The first-order valence-electron chi connectivity index (χ1n) is 8.01. The smallest absolute Gasteiger partial charge is 0.253 e. The van der Waals surface area contributed by atoms with Gasteiger partial charge < -0.3 is 11.1 Å². The minimum absolute atomic E-state index is 0.000519. The van der Waals surface area contributed by atoms with Crippen LogP contribution in [0.5, 0.6) is 0 Å². The van der Waals surface area contributed by atoms with E-state index in [9.17, 15) is 14.4 Å². The molecule has 132 valence electrons. The highest BCUT2D eigenvalue weighted by molar-refractivity contribution is 8.13. The molecule has 0 aromatic heterocycles. The van der Waals surface area contributed by atoms with Crippen molar-refractivity contribution in [2.24, 2.45) is 17.1 Å². The van der Waals surface area contributed by atoms with Gasteiger partial charge in [0.2, 0.25) is 5.91 Å². The van der Waals surface area contributed by atoms with E-state index in [4.69, 9.17) is 5.73 Å². The molecular weight excluding hydrogens is 324 g/mol. The van der Waals surface area contributed by atoms with E-state index in [1.807, 2.05) is 34.6 Å². The van der Waals surface area contributed by atoms with Gasteiger partial charge in [-0.25, -0.2) is 0 Å². The summed E-state index contributed by atoms with van der Waals surface area (Å²) in [5.41, 5.74) is 5.24. The first kappa shape index (κ1) is 20.2. The molecule has 0 radical (unpaired) electrons. The van der Waals surface area contributed by atoms with Crippen LogP contribution in [0.15, 0.2) is 29.2 Å². The normalized spacial score (nSPS) is 12.8. The number of rotatable bonds is 7. The lowest BCUT2D eigenvalue weighted by Gasteiger charge is -2.22. The Morgan fingerprint density at radius 2 is 1.79 bits per heavy atom. The minimum atomic E-state index is -0.752. The first-order chi connectivity index (χ1) is 11.1. The van der Waals surface area contributed by atoms with Crippen molar-refractivity contribution in [2.45, 2.75) is 52.0 Å². The van der Waals surface area contributed by atoms with E-state index in [1.54, 1.807) is 24.3 Å². The molecule has 0 aliphatic rings. The molecule has 0 heterocycles. The predicted molar refractivity (Wildman–Crippen MR) is 96.7 cm³/mol. The Kier molecular flexibility index (Phi) is 7.02. The van der Waals surface area contributed by atoms with Gasteiger partial charge in [0.25, 0.3) is 5.91 Å². The van der Waals surface area contributed by atoms with Gasteiger partial charge in [-0.1, -0.05) is 58.5 Å². The van der Waals surface area contributed by atoms with Gasteiger partial charge in [0.1, 0.15) is 6.04 Å². The van der Waals surface area contributed by atoms with Crippen LogP contribution in [0.3, 0.4) is 0 Å². The largest absolute Gasteiger partial charge is 0.368 e. The fourth-order valence-corrected chi connectivity index (χ4v) is 2.95. The average molecular weight is 350 g/mol. The lowest BCUT2D eigenvalue weighted by molar-refractivity contribution is -0.121. The van der Waals surface area contributed by atoms with Gasteiger partial charge in [-0.2, -0.15) is 0 Å². The van der Waals surface area contributed by atoms with Crippen LogP contribution in [0, 0.1) is 11.3 Å². The van der Waals surface area contributed by atoms with Crippen molar-refractivity contribution >= 4 is 28.7 Å². The maximum atomic E-state index is 12.5. The third kappa shape index (κ3) is 5.09.